The number of aromatic hydroxyl groups is 1. The van der Waals surface area contributed by atoms with Crippen molar-refractivity contribution in [3.63, 3.8) is 0 Å². The van der Waals surface area contributed by atoms with Gasteiger partial charge in [0, 0.05) is 0 Å². The highest BCUT2D eigenvalue weighted by molar-refractivity contribution is 5.61. The van der Waals surface area contributed by atoms with Crippen LogP contribution in [0.15, 0.2) is 24.3 Å². The van der Waals surface area contributed by atoms with Gasteiger partial charge in [-0.2, -0.15) is 0 Å². The smallest absolute Gasteiger partial charge is 0.221 e. The number of carbonyl (C=O) groups excluding carboxylic acids is 1. The minimum Gasteiger partial charge on any atom is -0.508 e. The van der Waals surface area contributed by atoms with Gasteiger partial charge in [0.2, 0.25) is 6.29 Å². The van der Waals surface area contributed by atoms with E-state index >= 15 is 0 Å². The number of hydrogen-bond donors (Lipinski definition) is 2. The van der Waals surface area contributed by atoms with Gasteiger partial charge in [0.15, 0.2) is 0 Å². The minimum absolute atomic E-state index is 0.159. The average Bonchev–Trinajstić information content (AvgIpc) is 2.05. The number of hydrogen-bond acceptors (Lipinski definition) is 3. The summed E-state index contributed by atoms with van der Waals surface area (Å²) < 4.78 is 0. The van der Waals surface area contributed by atoms with Gasteiger partial charge in [0.05, 0.1) is 6.04 Å². The maximum absolute atomic E-state index is 10.1. The number of rotatable bonds is 2. The van der Waals surface area contributed by atoms with Crippen LogP contribution in [0.4, 0.5) is 0 Å². The fourth-order valence-corrected chi connectivity index (χ4v) is 0.750. The third kappa shape index (κ3) is 1.78. The van der Waals surface area contributed by atoms with Gasteiger partial charge in [-0.15, -0.1) is 0 Å². The maximum atomic E-state index is 10.1. The van der Waals surface area contributed by atoms with Crippen LogP contribution in [0.3, 0.4) is 0 Å². The molecule has 0 amide bonds. The zero-order valence-corrected chi connectivity index (χ0v) is 5.82. The molecule has 0 heterocycles. The number of nitrogens with two attached hydrogens (primary N) is 1. The highest BCUT2D eigenvalue weighted by Gasteiger charge is 2.03. The lowest BCUT2D eigenvalue weighted by Gasteiger charge is -2.01. The predicted octanol–water partition coefficient (Wildman–Crippen LogP) is 0.502. The fourth-order valence-electron chi connectivity index (χ4n) is 0.750. The van der Waals surface area contributed by atoms with Gasteiger partial charge < -0.3 is 10.8 Å². The van der Waals surface area contributed by atoms with E-state index in [1.807, 2.05) is 0 Å². The van der Waals surface area contributed by atoms with Crippen molar-refractivity contribution in [2.45, 2.75) is 6.04 Å². The van der Waals surface area contributed by atoms with Crippen LogP contribution in [0, 0.1) is 0 Å². The lowest BCUT2D eigenvalue weighted by molar-refractivity contribution is 0.475. The quantitative estimate of drug-likeness (QED) is 0.645. The molecule has 1 aromatic carbocycles. The van der Waals surface area contributed by atoms with Crippen LogP contribution in [0.2, 0.25) is 0 Å². The normalized spacial score (nSPS) is 12.5. The zero-order valence-electron chi connectivity index (χ0n) is 5.82. The molecule has 0 unspecified atom stereocenters. The third-order valence-corrected chi connectivity index (χ3v) is 1.38. The first-order valence-corrected chi connectivity index (χ1v) is 3.16. The van der Waals surface area contributed by atoms with Crippen LogP contribution in [0.25, 0.3) is 0 Å². The van der Waals surface area contributed by atoms with E-state index in [1.165, 1.54) is 12.1 Å². The number of phenols is 1. The van der Waals surface area contributed by atoms with E-state index in [4.69, 9.17) is 10.8 Å². The standard InChI is InChI=1S/C8H8NO2/c9-8(5-10)6-1-3-7(11)4-2-6/h1-4,8,11H,9H2/t8-/m0/s1. The summed E-state index contributed by atoms with van der Waals surface area (Å²) in [5, 5.41) is 8.87. The molecule has 1 atom stereocenters. The van der Waals surface area contributed by atoms with Gasteiger partial charge in [0.25, 0.3) is 0 Å². The summed E-state index contributed by atoms with van der Waals surface area (Å²) in [6.07, 6.45) is 1.65. The Kier molecular flexibility index (Phi) is 2.23. The van der Waals surface area contributed by atoms with Crippen LogP contribution in [-0.2, 0) is 4.79 Å². The van der Waals surface area contributed by atoms with E-state index in [9.17, 15) is 4.79 Å². The van der Waals surface area contributed by atoms with Crippen molar-refractivity contribution in [2.75, 3.05) is 0 Å². The van der Waals surface area contributed by atoms with Crippen LogP contribution in [-0.4, -0.2) is 11.4 Å². The number of phenolic OH excluding ortho intramolecular Hbond substituents is 1. The Balaban J connectivity index is 2.89. The molecule has 1 rings (SSSR count). The van der Waals surface area contributed by atoms with Crippen LogP contribution in [0.1, 0.15) is 11.6 Å². The van der Waals surface area contributed by atoms with E-state index in [1.54, 1.807) is 18.4 Å². The van der Waals surface area contributed by atoms with Gasteiger partial charge in [-0.25, -0.2) is 0 Å². The molecule has 3 nitrogen and oxygen atoms in total. The monoisotopic (exact) mass is 150 g/mol. The second-order valence-electron chi connectivity index (χ2n) is 2.19. The maximum Gasteiger partial charge on any atom is 0.221 e. The molecule has 0 saturated heterocycles. The molecule has 0 aliphatic rings. The Morgan fingerprint density at radius 3 is 2.36 bits per heavy atom. The molecule has 11 heavy (non-hydrogen) atoms. The summed E-state index contributed by atoms with van der Waals surface area (Å²) in [5.41, 5.74) is 5.99. The van der Waals surface area contributed by atoms with Gasteiger partial charge in [0.1, 0.15) is 5.75 Å². The van der Waals surface area contributed by atoms with Gasteiger partial charge >= 0.3 is 0 Å². The summed E-state index contributed by atoms with van der Waals surface area (Å²) in [6, 6.07) is 5.42. The van der Waals surface area contributed by atoms with E-state index < -0.39 is 6.04 Å². The summed E-state index contributed by atoms with van der Waals surface area (Å²) >= 11 is 0. The van der Waals surface area contributed by atoms with Crippen LogP contribution in [0.5, 0.6) is 5.75 Å². The molecular formula is C8H8NO2. The van der Waals surface area contributed by atoms with Crippen LogP contribution < -0.4 is 5.73 Å². The van der Waals surface area contributed by atoms with E-state index in [0.717, 1.165) is 0 Å². The Bertz CT molecular complexity index is 243. The summed E-state index contributed by atoms with van der Waals surface area (Å²) in [4.78, 5) is 10.1. The second-order valence-corrected chi connectivity index (χ2v) is 2.19. The molecule has 0 aromatic heterocycles. The van der Waals surface area contributed by atoms with Crippen LogP contribution >= 0.6 is 0 Å². The van der Waals surface area contributed by atoms with E-state index in [2.05, 4.69) is 0 Å². The van der Waals surface area contributed by atoms with Crippen molar-refractivity contribution in [3.8, 4) is 5.75 Å². The topological polar surface area (TPSA) is 63.3 Å². The lowest BCUT2D eigenvalue weighted by Crippen LogP contribution is -2.10. The molecule has 0 saturated carbocycles. The lowest BCUT2D eigenvalue weighted by atomic mass is 10.1. The molecule has 3 N–H and O–H groups in total. The Hall–Kier alpha value is -1.35. The van der Waals surface area contributed by atoms with Gasteiger partial charge in [-0.3, -0.25) is 4.79 Å². The zero-order chi connectivity index (χ0) is 8.27. The minimum atomic E-state index is -0.712. The van der Waals surface area contributed by atoms with Crippen molar-refractivity contribution in [1.29, 1.82) is 0 Å². The Morgan fingerprint density at radius 1 is 1.36 bits per heavy atom. The van der Waals surface area contributed by atoms with Gasteiger partial charge in [-0.05, 0) is 17.7 Å². The van der Waals surface area contributed by atoms with Crippen molar-refractivity contribution in [1.82, 2.24) is 0 Å². The predicted molar refractivity (Wildman–Crippen MR) is 40.7 cm³/mol. The van der Waals surface area contributed by atoms with Crippen molar-refractivity contribution in [3.05, 3.63) is 29.8 Å². The molecule has 0 fully saturated rings. The largest absolute Gasteiger partial charge is 0.508 e. The Labute approximate surface area is 64.5 Å². The molecule has 1 radical (unpaired) electrons. The van der Waals surface area contributed by atoms with E-state index in [-0.39, 0.29) is 5.75 Å². The molecule has 3 heteroatoms. The third-order valence-electron chi connectivity index (χ3n) is 1.38. The average molecular weight is 150 g/mol. The van der Waals surface area contributed by atoms with Crippen molar-refractivity contribution < 1.29 is 9.90 Å². The molecule has 0 spiro atoms. The van der Waals surface area contributed by atoms with Gasteiger partial charge in [-0.1, -0.05) is 12.1 Å². The second kappa shape index (κ2) is 3.16. The summed E-state index contributed by atoms with van der Waals surface area (Å²) in [7, 11) is 0. The molecule has 1 aromatic rings. The SMILES string of the molecule is N[C@@H]([C]=O)c1ccc(O)cc1. The Morgan fingerprint density at radius 2 is 1.91 bits per heavy atom. The highest BCUT2D eigenvalue weighted by Crippen LogP contribution is 2.13. The molecular weight excluding hydrogens is 142 g/mol. The molecule has 0 bridgehead atoms. The number of benzene rings is 1. The molecule has 0 aliphatic heterocycles. The summed E-state index contributed by atoms with van der Waals surface area (Å²) in [6.45, 7) is 0. The van der Waals surface area contributed by atoms with E-state index in [0.29, 0.717) is 5.56 Å². The van der Waals surface area contributed by atoms with Crippen molar-refractivity contribution in [2.24, 2.45) is 5.73 Å². The van der Waals surface area contributed by atoms with Crippen molar-refractivity contribution >= 4 is 6.29 Å². The first-order chi connectivity index (χ1) is 5.24. The molecule has 57 valence electrons. The first kappa shape index (κ1) is 7.75. The summed E-state index contributed by atoms with van der Waals surface area (Å²) in [5.74, 6) is 0.159. The fraction of sp³-hybridized carbons (Fsp3) is 0.125. The molecule has 0 aliphatic carbocycles. The first-order valence-electron chi connectivity index (χ1n) is 3.16. The highest BCUT2D eigenvalue weighted by atomic mass is 16.3.